The van der Waals surface area contributed by atoms with Crippen LogP contribution < -0.4 is 0 Å². The standard InChI is InChI=1S/C21H12Cl2N2O3/c22-16-6-3-5-15(18(16)23)20(26)19-14-4-1-2-7-17(14)25(24-19)13-10-8-12(9-11-13)21(27)28/h1-11H,(H,27,28). The number of aromatic carboxylic acids is 1. The van der Waals surface area contributed by atoms with Gasteiger partial charge in [0.2, 0.25) is 5.78 Å². The van der Waals surface area contributed by atoms with E-state index in [1.54, 1.807) is 41.1 Å². The van der Waals surface area contributed by atoms with Crippen molar-refractivity contribution in [3.05, 3.63) is 93.6 Å². The molecule has 0 aliphatic carbocycles. The molecule has 0 atom stereocenters. The van der Waals surface area contributed by atoms with Gasteiger partial charge >= 0.3 is 5.97 Å². The number of aromatic nitrogens is 2. The van der Waals surface area contributed by atoms with Crippen LogP contribution in [0.3, 0.4) is 0 Å². The molecule has 0 spiro atoms. The fraction of sp³-hybridized carbons (Fsp3) is 0. The van der Waals surface area contributed by atoms with Gasteiger partial charge in [-0.1, -0.05) is 47.5 Å². The molecule has 138 valence electrons. The Labute approximate surface area is 169 Å². The molecule has 0 saturated carbocycles. The van der Waals surface area contributed by atoms with Crippen molar-refractivity contribution in [1.29, 1.82) is 0 Å². The van der Waals surface area contributed by atoms with Crippen LogP contribution in [-0.4, -0.2) is 26.6 Å². The number of rotatable bonds is 4. The molecule has 4 aromatic rings. The molecule has 0 unspecified atom stereocenters. The minimum atomic E-state index is -1.01. The molecule has 0 bridgehead atoms. The summed E-state index contributed by atoms with van der Waals surface area (Å²) in [7, 11) is 0. The maximum Gasteiger partial charge on any atom is 0.335 e. The van der Waals surface area contributed by atoms with Crippen molar-refractivity contribution < 1.29 is 14.7 Å². The zero-order valence-corrected chi connectivity index (χ0v) is 15.8. The highest BCUT2D eigenvalue weighted by atomic mass is 35.5. The van der Waals surface area contributed by atoms with Crippen LogP contribution in [0.4, 0.5) is 0 Å². The van der Waals surface area contributed by atoms with Gasteiger partial charge in [-0.25, -0.2) is 9.48 Å². The molecule has 4 rings (SSSR count). The molecular weight excluding hydrogens is 399 g/mol. The minimum Gasteiger partial charge on any atom is -0.478 e. The van der Waals surface area contributed by atoms with Crippen LogP contribution in [-0.2, 0) is 0 Å². The third kappa shape index (κ3) is 3.05. The SMILES string of the molecule is O=C(O)c1ccc(-n2nc(C(=O)c3cccc(Cl)c3Cl)c3ccccc32)cc1. The Hall–Kier alpha value is -3.15. The fourth-order valence-corrected chi connectivity index (χ4v) is 3.37. The summed E-state index contributed by atoms with van der Waals surface area (Å²) in [5, 5.41) is 14.7. The van der Waals surface area contributed by atoms with Gasteiger partial charge in [0.1, 0.15) is 5.69 Å². The van der Waals surface area contributed by atoms with E-state index in [9.17, 15) is 9.59 Å². The quantitative estimate of drug-likeness (QED) is 0.465. The largest absolute Gasteiger partial charge is 0.478 e. The van der Waals surface area contributed by atoms with E-state index in [2.05, 4.69) is 5.10 Å². The number of nitrogens with zero attached hydrogens (tertiary/aromatic N) is 2. The van der Waals surface area contributed by atoms with Crippen molar-refractivity contribution in [3.63, 3.8) is 0 Å². The van der Waals surface area contributed by atoms with Crippen LogP contribution in [0.25, 0.3) is 16.6 Å². The number of fused-ring (bicyclic) bond motifs is 1. The van der Waals surface area contributed by atoms with Crippen LogP contribution in [0, 0.1) is 0 Å². The summed E-state index contributed by atoms with van der Waals surface area (Å²) in [6, 6.07) is 18.4. The first kappa shape index (κ1) is 18.2. The number of hydrogen-bond acceptors (Lipinski definition) is 3. The average molecular weight is 411 g/mol. The summed E-state index contributed by atoms with van der Waals surface area (Å²) in [6.07, 6.45) is 0. The van der Waals surface area contributed by atoms with Gasteiger partial charge in [0.25, 0.3) is 0 Å². The smallest absolute Gasteiger partial charge is 0.335 e. The Morgan fingerprint density at radius 3 is 2.32 bits per heavy atom. The van der Waals surface area contributed by atoms with Crippen molar-refractivity contribution in [2.45, 2.75) is 0 Å². The van der Waals surface area contributed by atoms with E-state index in [0.717, 1.165) is 0 Å². The lowest BCUT2D eigenvalue weighted by molar-refractivity contribution is 0.0696. The second-order valence-electron chi connectivity index (χ2n) is 6.06. The van der Waals surface area contributed by atoms with Gasteiger partial charge in [0.05, 0.1) is 26.8 Å². The van der Waals surface area contributed by atoms with Crippen molar-refractivity contribution in [2.24, 2.45) is 0 Å². The second kappa shape index (κ2) is 7.11. The van der Waals surface area contributed by atoms with E-state index in [1.807, 2.05) is 18.2 Å². The lowest BCUT2D eigenvalue weighted by Gasteiger charge is -2.04. The molecule has 0 aliphatic heterocycles. The zero-order chi connectivity index (χ0) is 19.8. The predicted octanol–water partition coefficient (Wildman–Crippen LogP) is 5.26. The molecule has 0 amide bonds. The lowest BCUT2D eigenvalue weighted by atomic mass is 10.1. The monoisotopic (exact) mass is 410 g/mol. The summed E-state index contributed by atoms with van der Waals surface area (Å²) in [6.45, 7) is 0. The third-order valence-electron chi connectivity index (χ3n) is 4.36. The number of carboxylic acid groups (broad SMARTS) is 1. The Balaban J connectivity index is 1.88. The van der Waals surface area contributed by atoms with Gasteiger partial charge < -0.3 is 5.11 Å². The number of carbonyl (C=O) groups is 2. The molecule has 1 N–H and O–H groups in total. The Bertz CT molecular complexity index is 1230. The van der Waals surface area contributed by atoms with Gasteiger partial charge in [-0.3, -0.25) is 4.79 Å². The summed E-state index contributed by atoms with van der Waals surface area (Å²) in [5.41, 5.74) is 2.03. The summed E-state index contributed by atoms with van der Waals surface area (Å²) in [5.74, 6) is -1.35. The first-order valence-corrected chi connectivity index (χ1v) is 9.03. The van der Waals surface area contributed by atoms with Crippen molar-refractivity contribution >= 4 is 45.9 Å². The molecule has 1 heterocycles. The van der Waals surface area contributed by atoms with E-state index in [0.29, 0.717) is 21.6 Å². The number of carbonyl (C=O) groups excluding carboxylic acids is 1. The highest BCUT2D eigenvalue weighted by Gasteiger charge is 2.22. The van der Waals surface area contributed by atoms with Gasteiger partial charge in [-0.15, -0.1) is 0 Å². The van der Waals surface area contributed by atoms with E-state index in [4.69, 9.17) is 28.3 Å². The molecule has 0 fully saturated rings. The van der Waals surface area contributed by atoms with Crippen molar-refractivity contribution in [2.75, 3.05) is 0 Å². The van der Waals surface area contributed by atoms with Crippen LogP contribution in [0.2, 0.25) is 10.0 Å². The molecule has 0 saturated heterocycles. The number of halogens is 2. The van der Waals surface area contributed by atoms with E-state index in [-0.39, 0.29) is 27.6 Å². The molecule has 5 nitrogen and oxygen atoms in total. The Morgan fingerprint density at radius 1 is 0.893 bits per heavy atom. The average Bonchev–Trinajstić information content (AvgIpc) is 3.09. The van der Waals surface area contributed by atoms with Crippen LogP contribution in [0.5, 0.6) is 0 Å². The fourth-order valence-electron chi connectivity index (χ4n) is 2.98. The first-order valence-electron chi connectivity index (χ1n) is 8.27. The zero-order valence-electron chi connectivity index (χ0n) is 14.3. The number of para-hydroxylation sites is 1. The van der Waals surface area contributed by atoms with Crippen LogP contribution in [0.1, 0.15) is 26.4 Å². The number of ketones is 1. The molecule has 3 aromatic carbocycles. The van der Waals surface area contributed by atoms with Crippen molar-refractivity contribution in [1.82, 2.24) is 9.78 Å². The molecule has 28 heavy (non-hydrogen) atoms. The van der Waals surface area contributed by atoms with Gasteiger partial charge in [0.15, 0.2) is 0 Å². The maximum atomic E-state index is 13.1. The highest BCUT2D eigenvalue weighted by molar-refractivity contribution is 6.44. The van der Waals surface area contributed by atoms with E-state index in [1.165, 1.54) is 12.1 Å². The van der Waals surface area contributed by atoms with Crippen LogP contribution >= 0.6 is 23.2 Å². The van der Waals surface area contributed by atoms with Gasteiger partial charge in [0, 0.05) is 10.9 Å². The summed E-state index contributed by atoms with van der Waals surface area (Å²) in [4.78, 5) is 24.2. The topological polar surface area (TPSA) is 72.2 Å². The molecule has 7 heteroatoms. The van der Waals surface area contributed by atoms with E-state index >= 15 is 0 Å². The van der Waals surface area contributed by atoms with Crippen LogP contribution in [0.15, 0.2) is 66.7 Å². The number of hydrogen-bond donors (Lipinski definition) is 1. The number of carboxylic acids is 1. The Morgan fingerprint density at radius 2 is 1.61 bits per heavy atom. The molecule has 1 aromatic heterocycles. The summed E-state index contributed by atoms with van der Waals surface area (Å²) >= 11 is 12.3. The number of benzene rings is 3. The first-order chi connectivity index (χ1) is 13.5. The maximum absolute atomic E-state index is 13.1. The summed E-state index contributed by atoms with van der Waals surface area (Å²) < 4.78 is 1.60. The normalized spacial score (nSPS) is 10.9. The van der Waals surface area contributed by atoms with Gasteiger partial charge in [-0.05, 0) is 42.5 Å². The molecular formula is C21H12Cl2N2O3. The lowest BCUT2D eigenvalue weighted by Crippen LogP contribution is -2.05. The predicted molar refractivity (Wildman–Crippen MR) is 108 cm³/mol. The third-order valence-corrected chi connectivity index (χ3v) is 5.18. The van der Waals surface area contributed by atoms with E-state index < -0.39 is 5.97 Å². The van der Waals surface area contributed by atoms with Crippen molar-refractivity contribution in [3.8, 4) is 5.69 Å². The van der Waals surface area contributed by atoms with Gasteiger partial charge in [-0.2, -0.15) is 5.10 Å². The Kier molecular flexibility index (Phi) is 4.63. The highest BCUT2D eigenvalue weighted by Crippen LogP contribution is 2.30. The minimum absolute atomic E-state index is 0.169. The second-order valence-corrected chi connectivity index (χ2v) is 6.85. The molecule has 0 radical (unpaired) electrons. The molecule has 0 aliphatic rings.